The van der Waals surface area contributed by atoms with Gasteiger partial charge in [0.2, 0.25) is 5.76 Å². The Balaban J connectivity index is 1.59. The van der Waals surface area contributed by atoms with Crippen LogP contribution in [0.1, 0.15) is 26.7 Å². The molecule has 2 heterocycles. The van der Waals surface area contributed by atoms with Gasteiger partial charge in [-0.3, -0.25) is 0 Å². The summed E-state index contributed by atoms with van der Waals surface area (Å²) in [5, 5.41) is 11.0. The fourth-order valence-corrected chi connectivity index (χ4v) is 3.98. The molecule has 0 bridgehead atoms. The smallest absolute Gasteiger partial charge is 0.374 e. The number of esters is 1. The Kier molecular flexibility index (Phi) is 4.88. The number of benzene rings is 2. The topological polar surface area (TPSA) is 72.6 Å². The van der Waals surface area contributed by atoms with E-state index in [1.807, 2.05) is 43.3 Å². The van der Waals surface area contributed by atoms with Gasteiger partial charge in [0, 0.05) is 16.9 Å². The summed E-state index contributed by atoms with van der Waals surface area (Å²) in [7, 11) is 0. The van der Waals surface area contributed by atoms with E-state index in [0.717, 1.165) is 21.7 Å². The molecule has 4 aromatic rings. The Bertz CT molecular complexity index is 1140. The first-order valence-corrected chi connectivity index (χ1v) is 9.80. The minimum atomic E-state index is -0.531. The zero-order chi connectivity index (χ0) is 19.7. The molecule has 0 atom stereocenters. The number of aryl methyl sites for hydroxylation is 2. The molecular formula is C22H19NO4S. The predicted molar refractivity (Wildman–Crippen MR) is 109 cm³/mol. The van der Waals surface area contributed by atoms with E-state index in [2.05, 4.69) is 4.98 Å². The van der Waals surface area contributed by atoms with E-state index in [0.29, 0.717) is 23.0 Å². The second-order valence-corrected chi connectivity index (χ2v) is 7.48. The normalized spacial score (nSPS) is 11.1. The van der Waals surface area contributed by atoms with E-state index in [-0.39, 0.29) is 18.1 Å². The zero-order valence-electron chi connectivity index (χ0n) is 15.6. The van der Waals surface area contributed by atoms with Crippen LogP contribution in [0.2, 0.25) is 0 Å². The number of furan rings is 1. The molecule has 0 spiro atoms. The van der Waals surface area contributed by atoms with Crippen molar-refractivity contribution in [3.63, 3.8) is 0 Å². The van der Waals surface area contributed by atoms with Crippen molar-refractivity contribution in [2.24, 2.45) is 0 Å². The Morgan fingerprint density at radius 1 is 1.18 bits per heavy atom. The summed E-state index contributed by atoms with van der Waals surface area (Å²) < 4.78 is 11.2. The number of hydrogen-bond donors (Lipinski definition) is 1. The average Bonchev–Trinajstić information content (AvgIpc) is 3.25. The van der Waals surface area contributed by atoms with Gasteiger partial charge in [0.05, 0.1) is 23.2 Å². The van der Waals surface area contributed by atoms with Gasteiger partial charge in [0.1, 0.15) is 11.3 Å². The highest BCUT2D eigenvalue weighted by Gasteiger charge is 2.22. The summed E-state index contributed by atoms with van der Waals surface area (Å²) in [6.45, 7) is 3.93. The molecule has 0 saturated heterocycles. The molecule has 0 radical (unpaired) electrons. The summed E-state index contributed by atoms with van der Waals surface area (Å²) in [6.07, 6.45) is 0.616. The van der Waals surface area contributed by atoms with Gasteiger partial charge in [0.25, 0.3) is 0 Å². The van der Waals surface area contributed by atoms with Gasteiger partial charge in [-0.1, -0.05) is 30.3 Å². The first kappa shape index (κ1) is 18.3. The van der Waals surface area contributed by atoms with Gasteiger partial charge in [-0.2, -0.15) is 0 Å². The SMILES string of the molecule is Cc1ncsc1CCOC(=O)c1oc2cc(-c3ccccc3)cc(O)c2c1C. The van der Waals surface area contributed by atoms with E-state index >= 15 is 0 Å². The second kappa shape index (κ2) is 7.48. The number of aromatic nitrogens is 1. The molecule has 2 aromatic heterocycles. The Hall–Kier alpha value is -3.12. The third-order valence-corrected chi connectivity index (χ3v) is 5.70. The fourth-order valence-electron chi connectivity index (χ4n) is 3.22. The van der Waals surface area contributed by atoms with Gasteiger partial charge >= 0.3 is 5.97 Å². The highest BCUT2D eigenvalue weighted by molar-refractivity contribution is 7.09. The molecule has 0 unspecified atom stereocenters. The Morgan fingerprint density at radius 3 is 2.68 bits per heavy atom. The molecular weight excluding hydrogens is 374 g/mol. The highest BCUT2D eigenvalue weighted by Crippen LogP contribution is 2.37. The summed E-state index contributed by atoms with van der Waals surface area (Å²) in [5.41, 5.74) is 5.55. The number of rotatable bonds is 5. The van der Waals surface area contributed by atoms with E-state index in [1.54, 1.807) is 29.8 Å². The average molecular weight is 393 g/mol. The third-order valence-electron chi connectivity index (χ3n) is 4.71. The van der Waals surface area contributed by atoms with Gasteiger partial charge in [-0.05, 0) is 37.1 Å². The van der Waals surface area contributed by atoms with Crippen molar-refractivity contribution in [3.8, 4) is 16.9 Å². The van der Waals surface area contributed by atoms with Gasteiger partial charge in [0.15, 0.2) is 0 Å². The van der Waals surface area contributed by atoms with Crippen LogP contribution in [0.25, 0.3) is 22.1 Å². The number of carbonyl (C=O) groups excluding carboxylic acids is 1. The van der Waals surface area contributed by atoms with E-state index < -0.39 is 5.97 Å². The first-order chi connectivity index (χ1) is 13.5. The second-order valence-electron chi connectivity index (χ2n) is 6.54. The lowest BCUT2D eigenvalue weighted by atomic mass is 10.0. The molecule has 6 heteroatoms. The first-order valence-electron chi connectivity index (χ1n) is 8.92. The van der Waals surface area contributed by atoms with Crippen molar-refractivity contribution in [2.75, 3.05) is 6.61 Å². The lowest BCUT2D eigenvalue weighted by molar-refractivity contribution is 0.0475. The van der Waals surface area contributed by atoms with Crippen LogP contribution in [0.4, 0.5) is 0 Å². The Morgan fingerprint density at radius 2 is 1.96 bits per heavy atom. The maximum Gasteiger partial charge on any atom is 0.374 e. The standard InChI is InChI=1S/C22H19NO4S/c1-13-20-17(24)10-16(15-6-4-3-5-7-15)11-18(20)27-21(13)22(25)26-9-8-19-14(2)23-12-28-19/h3-7,10-12,24H,8-9H2,1-2H3. The predicted octanol–water partition coefficient (Wildman–Crippen LogP) is 5.28. The maximum atomic E-state index is 12.5. The van der Waals surface area contributed by atoms with E-state index in [9.17, 15) is 9.90 Å². The largest absolute Gasteiger partial charge is 0.507 e. The number of hydrogen-bond acceptors (Lipinski definition) is 6. The number of ether oxygens (including phenoxy) is 1. The van der Waals surface area contributed by atoms with Crippen LogP contribution < -0.4 is 0 Å². The number of thiazole rings is 1. The summed E-state index contributed by atoms with van der Waals surface area (Å²) >= 11 is 1.55. The van der Waals surface area contributed by atoms with Crippen LogP contribution in [-0.2, 0) is 11.2 Å². The molecule has 28 heavy (non-hydrogen) atoms. The molecule has 0 amide bonds. The molecule has 2 aromatic carbocycles. The minimum absolute atomic E-state index is 0.0805. The molecule has 4 rings (SSSR count). The van der Waals surface area contributed by atoms with Crippen molar-refractivity contribution in [1.29, 1.82) is 0 Å². The van der Waals surface area contributed by atoms with Crippen molar-refractivity contribution in [2.45, 2.75) is 20.3 Å². The number of phenolic OH excluding ortho intramolecular Hbond substituents is 1. The zero-order valence-corrected chi connectivity index (χ0v) is 16.4. The number of fused-ring (bicyclic) bond motifs is 1. The molecule has 0 aliphatic carbocycles. The molecule has 0 saturated carbocycles. The van der Waals surface area contributed by atoms with Crippen molar-refractivity contribution in [3.05, 3.63) is 69.9 Å². The summed E-state index contributed by atoms with van der Waals surface area (Å²) in [6, 6.07) is 13.2. The molecule has 1 N–H and O–H groups in total. The number of nitrogens with zero attached hydrogens (tertiary/aromatic N) is 1. The molecule has 0 fully saturated rings. The number of carbonyl (C=O) groups is 1. The molecule has 142 valence electrons. The van der Waals surface area contributed by atoms with Crippen LogP contribution in [-0.4, -0.2) is 22.7 Å². The van der Waals surface area contributed by atoms with Crippen LogP contribution in [0, 0.1) is 13.8 Å². The van der Waals surface area contributed by atoms with Gasteiger partial charge in [-0.25, -0.2) is 9.78 Å². The number of aromatic hydroxyl groups is 1. The lowest BCUT2D eigenvalue weighted by Gasteiger charge is -2.03. The van der Waals surface area contributed by atoms with Crippen molar-refractivity contribution < 1.29 is 19.1 Å². The van der Waals surface area contributed by atoms with Crippen molar-refractivity contribution >= 4 is 28.3 Å². The van der Waals surface area contributed by atoms with Crippen LogP contribution >= 0.6 is 11.3 Å². The summed E-state index contributed by atoms with van der Waals surface area (Å²) in [5.74, 6) is -0.329. The third kappa shape index (κ3) is 3.39. The van der Waals surface area contributed by atoms with Crippen LogP contribution in [0.3, 0.4) is 0 Å². The van der Waals surface area contributed by atoms with Crippen LogP contribution in [0.15, 0.2) is 52.4 Å². The quantitative estimate of drug-likeness (QED) is 0.467. The maximum absolute atomic E-state index is 12.5. The van der Waals surface area contributed by atoms with E-state index in [1.165, 1.54) is 0 Å². The molecule has 0 aliphatic rings. The van der Waals surface area contributed by atoms with Gasteiger partial charge in [-0.15, -0.1) is 11.3 Å². The van der Waals surface area contributed by atoms with Crippen molar-refractivity contribution in [1.82, 2.24) is 4.98 Å². The van der Waals surface area contributed by atoms with Gasteiger partial charge < -0.3 is 14.3 Å². The van der Waals surface area contributed by atoms with Crippen LogP contribution in [0.5, 0.6) is 5.75 Å². The number of phenols is 1. The monoisotopic (exact) mass is 393 g/mol. The molecule has 0 aliphatic heterocycles. The lowest BCUT2D eigenvalue weighted by Crippen LogP contribution is -2.08. The fraction of sp³-hybridized carbons (Fsp3) is 0.182. The summed E-state index contributed by atoms with van der Waals surface area (Å²) in [4.78, 5) is 17.8. The Labute approximate surface area is 166 Å². The highest BCUT2D eigenvalue weighted by atomic mass is 32.1. The molecule has 5 nitrogen and oxygen atoms in total. The van der Waals surface area contributed by atoms with E-state index in [4.69, 9.17) is 9.15 Å². The minimum Gasteiger partial charge on any atom is -0.507 e.